The maximum absolute atomic E-state index is 12.4. The Hall–Kier alpha value is -3.37. The van der Waals surface area contributed by atoms with Crippen molar-refractivity contribution in [3.8, 4) is 0 Å². The molecule has 0 spiro atoms. The van der Waals surface area contributed by atoms with Gasteiger partial charge in [-0.25, -0.2) is 4.79 Å². The standard InChI is InChI=1S/C22H22ClN5O4S/c1-3-28-19(13(2)24-20(30)14-7-5-4-6-8-14)26-27-22(28)33-12-18(29)25-17-11-15(21(31)32)9-10-16(17)23/h4-11,13H,3,12H2,1-2H3,(H,24,30)(H,25,29)(H,31,32). The molecule has 0 bridgehead atoms. The number of carbonyl (C=O) groups excluding carboxylic acids is 2. The van der Waals surface area contributed by atoms with E-state index in [9.17, 15) is 14.4 Å². The Morgan fingerprint density at radius 1 is 1.12 bits per heavy atom. The third-order valence-electron chi connectivity index (χ3n) is 4.65. The molecule has 9 nitrogen and oxygen atoms in total. The minimum atomic E-state index is -1.12. The van der Waals surface area contributed by atoms with Gasteiger partial charge in [0.2, 0.25) is 5.91 Å². The van der Waals surface area contributed by atoms with Crippen LogP contribution in [0, 0.1) is 0 Å². The number of thioether (sulfide) groups is 1. The number of carboxylic acids is 1. The van der Waals surface area contributed by atoms with E-state index < -0.39 is 12.0 Å². The molecular formula is C22H22ClN5O4S. The first kappa shape index (κ1) is 24.3. The topological polar surface area (TPSA) is 126 Å². The van der Waals surface area contributed by atoms with Gasteiger partial charge < -0.3 is 20.3 Å². The van der Waals surface area contributed by atoms with Crippen molar-refractivity contribution in [2.45, 2.75) is 31.6 Å². The summed E-state index contributed by atoms with van der Waals surface area (Å²) < 4.78 is 1.83. The van der Waals surface area contributed by atoms with Crippen LogP contribution in [0.2, 0.25) is 5.02 Å². The van der Waals surface area contributed by atoms with Crippen LogP contribution in [-0.4, -0.2) is 43.4 Å². The molecule has 1 heterocycles. The van der Waals surface area contributed by atoms with Crippen LogP contribution in [0.4, 0.5) is 5.69 Å². The molecule has 1 unspecified atom stereocenters. The Labute approximate surface area is 199 Å². The second-order valence-corrected chi connectivity index (χ2v) is 8.33. The van der Waals surface area contributed by atoms with Crippen LogP contribution in [0.1, 0.15) is 46.4 Å². The number of halogens is 1. The first-order valence-electron chi connectivity index (χ1n) is 10.0. The average molecular weight is 488 g/mol. The predicted molar refractivity (Wildman–Crippen MR) is 126 cm³/mol. The summed E-state index contributed by atoms with van der Waals surface area (Å²) in [6.45, 7) is 4.28. The lowest BCUT2D eigenvalue weighted by Crippen LogP contribution is -2.28. The van der Waals surface area contributed by atoms with Crippen LogP contribution < -0.4 is 10.6 Å². The molecule has 0 aliphatic carbocycles. The molecule has 172 valence electrons. The highest BCUT2D eigenvalue weighted by molar-refractivity contribution is 7.99. The Bertz CT molecular complexity index is 1170. The first-order valence-corrected chi connectivity index (χ1v) is 11.4. The van der Waals surface area contributed by atoms with Gasteiger partial charge in [-0.2, -0.15) is 0 Å². The van der Waals surface area contributed by atoms with Gasteiger partial charge in [0.1, 0.15) is 0 Å². The number of hydrogen-bond donors (Lipinski definition) is 3. The molecule has 0 saturated heterocycles. The van der Waals surface area contributed by atoms with Gasteiger partial charge in [0.15, 0.2) is 11.0 Å². The summed E-state index contributed by atoms with van der Waals surface area (Å²) in [7, 11) is 0. The largest absolute Gasteiger partial charge is 0.478 e. The van der Waals surface area contributed by atoms with Gasteiger partial charge in [-0.1, -0.05) is 41.6 Å². The van der Waals surface area contributed by atoms with E-state index >= 15 is 0 Å². The lowest BCUT2D eigenvalue weighted by Gasteiger charge is -2.15. The van der Waals surface area contributed by atoms with Gasteiger partial charge in [0, 0.05) is 12.1 Å². The fourth-order valence-corrected chi connectivity index (χ4v) is 4.00. The number of nitrogens with one attached hydrogen (secondary N) is 2. The lowest BCUT2D eigenvalue weighted by atomic mass is 10.2. The molecule has 33 heavy (non-hydrogen) atoms. The highest BCUT2D eigenvalue weighted by Gasteiger charge is 2.20. The zero-order valence-corrected chi connectivity index (χ0v) is 19.5. The monoisotopic (exact) mass is 487 g/mol. The van der Waals surface area contributed by atoms with Crippen LogP contribution in [0.15, 0.2) is 53.7 Å². The minimum Gasteiger partial charge on any atom is -0.478 e. The molecular weight excluding hydrogens is 466 g/mol. The van der Waals surface area contributed by atoms with E-state index in [0.717, 1.165) is 0 Å². The summed E-state index contributed by atoms with van der Waals surface area (Å²) in [4.78, 5) is 36.0. The highest BCUT2D eigenvalue weighted by atomic mass is 35.5. The Balaban J connectivity index is 1.64. The maximum atomic E-state index is 12.4. The molecule has 2 aromatic carbocycles. The van der Waals surface area contributed by atoms with Crippen molar-refractivity contribution in [2.24, 2.45) is 0 Å². The number of aromatic carboxylic acids is 1. The summed E-state index contributed by atoms with van der Waals surface area (Å²) in [5, 5.41) is 23.8. The van der Waals surface area contributed by atoms with Crippen molar-refractivity contribution < 1.29 is 19.5 Å². The normalized spacial score (nSPS) is 11.6. The van der Waals surface area contributed by atoms with Crippen LogP contribution in [0.5, 0.6) is 0 Å². The smallest absolute Gasteiger partial charge is 0.335 e. The second-order valence-electron chi connectivity index (χ2n) is 6.98. The number of carbonyl (C=O) groups is 3. The first-order chi connectivity index (χ1) is 15.8. The van der Waals surface area contributed by atoms with E-state index in [1.165, 1.54) is 30.0 Å². The van der Waals surface area contributed by atoms with E-state index in [4.69, 9.17) is 16.7 Å². The zero-order chi connectivity index (χ0) is 24.0. The molecule has 3 N–H and O–H groups in total. The molecule has 0 aliphatic heterocycles. The Morgan fingerprint density at radius 2 is 1.85 bits per heavy atom. The fraction of sp³-hybridized carbons (Fsp3) is 0.227. The third kappa shape index (κ3) is 6.11. The van der Waals surface area contributed by atoms with E-state index in [1.807, 2.05) is 24.5 Å². The van der Waals surface area contributed by atoms with Gasteiger partial charge in [-0.05, 0) is 44.2 Å². The van der Waals surface area contributed by atoms with Gasteiger partial charge >= 0.3 is 5.97 Å². The van der Waals surface area contributed by atoms with E-state index in [1.54, 1.807) is 24.3 Å². The number of benzene rings is 2. The third-order valence-corrected chi connectivity index (χ3v) is 5.95. The van der Waals surface area contributed by atoms with Crippen molar-refractivity contribution in [1.29, 1.82) is 0 Å². The molecule has 0 fully saturated rings. The quantitative estimate of drug-likeness (QED) is 0.391. The van der Waals surface area contributed by atoms with Crippen LogP contribution in [0.3, 0.4) is 0 Å². The molecule has 3 aromatic rings. The van der Waals surface area contributed by atoms with Gasteiger partial charge in [-0.3, -0.25) is 9.59 Å². The molecule has 11 heteroatoms. The summed E-state index contributed by atoms with van der Waals surface area (Å²) in [6.07, 6.45) is 0. The van der Waals surface area contributed by atoms with E-state index in [0.29, 0.717) is 23.1 Å². The van der Waals surface area contributed by atoms with E-state index in [-0.39, 0.29) is 33.8 Å². The number of amides is 2. The van der Waals surface area contributed by atoms with E-state index in [2.05, 4.69) is 20.8 Å². The number of anilines is 1. The fourth-order valence-electron chi connectivity index (χ4n) is 3.03. The highest BCUT2D eigenvalue weighted by Crippen LogP contribution is 2.25. The van der Waals surface area contributed by atoms with Gasteiger partial charge in [0.05, 0.1) is 28.1 Å². The van der Waals surface area contributed by atoms with Crippen LogP contribution in [-0.2, 0) is 11.3 Å². The Kier molecular flexibility index (Phi) is 8.07. The number of rotatable bonds is 9. The lowest BCUT2D eigenvalue weighted by molar-refractivity contribution is -0.113. The van der Waals surface area contributed by atoms with Crippen LogP contribution in [0.25, 0.3) is 0 Å². The van der Waals surface area contributed by atoms with Gasteiger partial charge in [-0.15, -0.1) is 10.2 Å². The maximum Gasteiger partial charge on any atom is 0.335 e. The van der Waals surface area contributed by atoms with Crippen molar-refractivity contribution in [3.05, 3.63) is 70.5 Å². The SMILES string of the molecule is CCn1c(SCC(=O)Nc2cc(C(=O)O)ccc2Cl)nnc1C(C)NC(=O)c1ccccc1. The number of nitrogens with zero attached hydrogens (tertiary/aromatic N) is 3. The minimum absolute atomic E-state index is 0.0104. The summed E-state index contributed by atoms with van der Waals surface area (Å²) in [5.41, 5.74) is 0.783. The summed E-state index contributed by atoms with van der Waals surface area (Å²) >= 11 is 7.23. The average Bonchev–Trinajstić information content (AvgIpc) is 3.22. The summed E-state index contributed by atoms with van der Waals surface area (Å²) in [5.74, 6) is -1.13. The van der Waals surface area contributed by atoms with Crippen molar-refractivity contribution in [1.82, 2.24) is 20.1 Å². The molecule has 3 rings (SSSR count). The van der Waals surface area contributed by atoms with Crippen molar-refractivity contribution in [3.63, 3.8) is 0 Å². The predicted octanol–water partition coefficient (Wildman–Crippen LogP) is 3.87. The molecule has 0 radical (unpaired) electrons. The van der Waals surface area contributed by atoms with Crippen LogP contribution >= 0.6 is 23.4 Å². The Morgan fingerprint density at radius 3 is 2.52 bits per heavy atom. The number of carboxylic acid groups (broad SMARTS) is 1. The number of hydrogen-bond acceptors (Lipinski definition) is 6. The number of aromatic nitrogens is 3. The molecule has 0 saturated carbocycles. The summed E-state index contributed by atoms with van der Waals surface area (Å²) in [6, 6.07) is 12.6. The zero-order valence-electron chi connectivity index (χ0n) is 17.9. The molecule has 2 amide bonds. The van der Waals surface area contributed by atoms with Crippen molar-refractivity contribution >= 4 is 46.8 Å². The second kappa shape index (κ2) is 11.0. The van der Waals surface area contributed by atoms with Gasteiger partial charge in [0.25, 0.3) is 5.91 Å². The molecule has 1 atom stereocenters. The molecule has 1 aromatic heterocycles. The van der Waals surface area contributed by atoms with Crippen molar-refractivity contribution in [2.75, 3.05) is 11.1 Å². The molecule has 0 aliphatic rings.